The number of oxime groups is 1. The smallest absolute Gasteiger partial charge is 0.161 e. The van der Waals surface area contributed by atoms with Crippen LogP contribution in [0.15, 0.2) is 65.8 Å². The quantitative estimate of drug-likeness (QED) is 0.224. The van der Waals surface area contributed by atoms with Gasteiger partial charge in [0.1, 0.15) is 19.0 Å². The molecule has 32 heavy (non-hydrogen) atoms. The molecule has 0 aliphatic carbocycles. The highest BCUT2D eigenvalue weighted by Gasteiger charge is 2.08. The van der Waals surface area contributed by atoms with E-state index in [0.717, 1.165) is 16.7 Å². The number of Topliss-reactive ketones (excluding diaryl/α,β-unsaturated/α-hetero) is 1. The van der Waals surface area contributed by atoms with Crippen molar-refractivity contribution in [2.45, 2.75) is 20.1 Å². The molecule has 0 spiro atoms. The van der Waals surface area contributed by atoms with Crippen molar-refractivity contribution >= 4 is 23.6 Å². The van der Waals surface area contributed by atoms with Gasteiger partial charge in [-0.3, -0.25) is 4.79 Å². The first kappa shape index (κ1) is 23.2. The molecule has 0 aliphatic rings. The molecule has 166 valence electrons. The summed E-state index contributed by atoms with van der Waals surface area (Å²) in [5, 5.41) is 4.70. The molecule has 0 amide bonds. The van der Waals surface area contributed by atoms with Crippen LogP contribution in [0.3, 0.4) is 0 Å². The van der Waals surface area contributed by atoms with E-state index in [1.807, 2.05) is 36.4 Å². The largest absolute Gasteiger partial charge is 0.496 e. The molecule has 0 heterocycles. The van der Waals surface area contributed by atoms with Gasteiger partial charge < -0.3 is 19.0 Å². The van der Waals surface area contributed by atoms with E-state index in [2.05, 4.69) is 5.16 Å². The molecule has 7 heteroatoms. The van der Waals surface area contributed by atoms with E-state index in [-0.39, 0.29) is 12.4 Å². The molecule has 0 atom stereocenters. The van der Waals surface area contributed by atoms with E-state index in [1.54, 1.807) is 44.7 Å². The minimum Gasteiger partial charge on any atom is -0.496 e. The van der Waals surface area contributed by atoms with Gasteiger partial charge in [0, 0.05) is 21.7 Å². The Kier molecular flexibility index (Phi) is 8.11. The zero-order valence-corrected chi connectivity index (χ0v) is 18.9. The maximum atomic E-state index is 11.6. The van der Waals surface area contributed by atoms with E-state index in [0.29, 0.717) is 34.4 Å². The Balaban J connectivity index is 1.62. The summed E-state index contributed by atoms with van der Waals surface area (Å²) in [6.45, 7) is 2.08. The molecule has 3 aromatic carbocycles. The predicted molar refractivity (Wildman–Crippen MR) is 124 cm³/mol. The second kappa shape index (κ2) is 11.2. The van der Waals surface area contributed by atoms with Crippen LogP contribution in [-0.2, 0) is 18.1 Å². The van der Waals surface area contributed by atoms with Crippen LogP contribution in [0.2, 0.25) is 5.02 Å². The number of methoxy groups -OCH3 is 2. The Labute approximate surface area is 192 Å². The maximum Gasteiger partial charge on any atom is 0.161 e. The predicted octanol–water partition coefficient (Wildman–Crippen LogP) is 5.69. The van der Waals surface area contributed by atoms with E-state index in [1.165, 1.54) is 6.92 Å². The van der Waals surface area contributed by atoms with Crippen molar-refractivity contribution in [2.24, 2.45) is 5.16 Å². The Morgan fingerprint density at radius 3 is 2.31 bits per heavy atom. The van der Waals surface area contributed by atoms with E-state index in [4.69, 9.17) is 30.6 Å². The highest BCUT2D eigenvalue weighted by atomic mass is 35.5. The van der Waals surface area contributed by atoms with Crippen LogP contribution in [0, 0.1) is 0 Å². The van der Waals surface area contributed by atoms with Crippen LogP contribution in [0.1, 0.15) is 34.0 Å². The Morgan fingerprint density at radius 1 is 0.906 bits per heavy atom. The molecule has 0 saturated heterocycles. The average molecular weight is 454 g/mol. The lowest BCUT2D eigenvalue weighted by molar-refractivity contribution is 0.101. The molecule has 6 nitrogen and oxygen atoms in total. The first-order valence-corrected chi connectivity index (χ1v) is 10.3. The Bertz CT molecular complexity index is 1100. The maximum absolute atomic E-state index is 11.6. The fourth-order valence-electron chi connectivity index (χ4n) is 2.94. The summed E-state index contributed by atoms with van der Waals surface area (Å²) in [6.07, 6.45) is 1.58. The lowest BCUT2D eigenvalue weighted by Gasteiger charge is -2.11. The van der Waals surface area contributed by atoms with Crippen molar-refractivity contribution in [2.75, 3.05) is 14.2 Å². The number of ketones is 1. The first-order valence-electron chi connectivity index (χ1n) is 9.88. The fraction of sp³-hybridized carbons (Fsp3) is 0.200. The fourth-order valence-corrected chi connectivity index (χ4v) is 3.07. The summed E-state index contributed by atoms with van der Waals surface area (Å²) >= 11 is 5.91. The molecular weight excluding hydrogens is 430 g/mol. The summed E-state index contributed by atoms with van der Waals surface area (Å²) < 4.78 is 16.6. The average Bonchev–Trinajstić information content (AvgIpc) is 2.81. The normalized spacial score (nSPS) is 10.8. The minimum absolute atomic E-state index is 0.0251. The minimum atomic E-state index is -0.0251. The van der Waals surface area contributed by atoms with Gasteiger partial charge >= 0.3 is 0 Å². The summed E-state index contributed by atoms with van der Waals surface area (Å²) in [5.74, 6) is 1.81. The number of carbonyl (C=O) groups excluding carboxylic acids is 1. The molecule has 0 bridgehead atoms. The van der Waals surface area contributed by atoms with Crippen molar-refractivity contribution in [3.8, 4) is 17.2 Å². The molecule has 0 aliphatic heterocycles. The van der Waals surface area contributed by atoms with Crippen LogP contribution < -0.4 is 14.2 Å². The standard InChI is InChI=1S/C25H24ClNO5/c1-17(28)20-7-11-23(29-2)21(13-20)16-32-27-14-19-6-10-24(25(12-19)30-3)31-15-18-4-8-22(26)9-5-18/h4-14H,15-16H2,1-3H3. The number of hydrogen-bond donors (Lipinski definition) is 0. The lowest BCUT2D eigenvalue weighted by atomic mass is 10.1. The van der Waals surface area contributed by atoms with E-state index >= 15 is 0 Å². The van der Waals surface area contributed by atoms with Gasteiger partial charge in [0.2, 0.25) is 0 Å². The first-order chi connectivity index (χ1) is 15.5. The van der Waals surface area contributed by atoms with Crippen molar-refractivity contribution in [1.29, 1.82) is 0 Å². The van der Waals surface area contributed by atoms with Crippen LogP contribution >= 0.6 is 11.6 Å². The summed E-state index contributed by atoms with van der Waals surface area (Å²) in [6, 6.07) is 18.1. The number of benzene rings is 3. The van der Waals surface area contributed by atoms with Crippen molar-refractivity contribution in [3.05, 3.63) is 87.9 Å². The summed E-state index contributed by atoms with van der Waals surface area (Å²) in [5.41, 5.74) is 3.11. The molecule has 0 unspecified atom stereocenters. The van der Waals surface area contributed by atoms with Gasteiger partial charge in [-0.25, -0.2) is 0 Å². The topological polar surface area (TPSA) is 66.4 Å². The van der Waals surface area contributed by atoms with Gasteiger partial charge in [-0.1, -0.05) is 28.9 Å². The Hall–Kier alpha value is -3.51. The molecule has 0 radical (unpaired) electrons. The van der Waals surface area contributed by atoms with Gasteiger partial charge in [-0.15, -0.1) is 0 Å². The number of nitrogens with zero attached hydrogens (tertiary/aromatic N) is 1. The van der Waals surface area contributed by atoms with Crippen LogP contribution in [0.4, 0.5) is 0 Å². The molecule has 0 N–H and O–H groups in total. The second-order valence-corrected chi connectivity index (χ2v) is 7.35. The number of carbonyl (C=O) groups is 1. The zero-order valence-electron chi connectivity index (χ0n) is 18.1. The SMILES string of the molecule is COc1ccc(C(C)=O)cc1CON=Cc1ccc(OCc2ccc(Cl)cc2)c(OC)c1. The lowest BCUT2D eigenvalue weighted by Crippen LogP contribution is -1.99. The molecule has 3 rings (SSSR count). The number of ether oxygens (including phenoxy) is 3. The van der Waals surface area contributed by atoms with Gasteiger partial charge in [0.15, 0.2) is 17.3 Å². The van der Waals surface area contributed by atoms with Gasteiger partial charge in [0.05, 0.1) is 20.4 Å². The monoisotopic (exact) mass is 453 g/mol. The summed E-state index contributed by atoms with van der Waals surface area (Å²) in [7, 11) is 3.15. The highest BCUT2D eigenvalue weighted by molar-refractivity contribution is 6.30. The number of hydrogen-bond acceptors (Lipinski definition) is 6. The Morgan fingerprint density at radius 2 is 1.62 bits per heavy atom. The van der Waals surface area contributed by atoms with Crippen LogP contribution in [0.25, 0.3) is 0 Å². The molecule has 0 fully saturated rings. The third kappa shape index (κ3) is 6.25. The van der Waals surface area contributed by atoms with Crippen LogP contribution in [-0.4, -0.2) is 26.2 Å². The van der Waals surface area contributed by atoms with Crippen LogP contribution in [0.5, 0.6) is 17.2 Å². The highest BCUT2D eigenvalue weighted by Crippen LogP contribution is 2.28. The van der Waals surface area contributed by atoms with Crippen molar-refractivity contribution < 1.29 is 23.8 Å². The molecular formula is C25H24ClNO5. The van der Waals surface area contributed by atoms with Crippen molar-refractivity contribution in [3.63, 3.8) is 0 Å². The zero-order chi connectivity index (χ0) is 22.9. The summed E-state index contributed by atoms with van der Waals surface area (Å²) in [4.78, 5) is 17.0. The molecule has 3 aromatic rings. The molecule has 0 aromatic heterocycles. The van der Waals surface area contributed by atoms with E-state index < -0.39 is 0 Å². The van der Waals surface area contributed by atoms with Gasteiger partial charge in [0.25, 0.3) is 0 Å². The van der Waals surface area contributed by atoms with Gasteiger partial charge in [-0.05, 0) is 61.0 Å². The third-order valence-electron chi connectivity index (χ3n) is 4.68. The van der Waals surface area contributed by atoms with E-state index in [9.17, 15) is 4.79 Å². The second-order valence-electron chi connectivity index (χ2n) is 6.92. The van der Waals surface area contributed by atoms with Crippen molar-refractivity contribution in [1.82, 2.24) is 0 Å². The molecule has 0 saturated carbocycles. The third-order valence-corrected chi connectivity index (χ3v) is 4.93. The number of halogens is 1. The van der Waals surface area contributed by atoms with Gasteiger partial charge in [-0.2, -0.15) is 0 Å². The number of rotatable bonds is 10.